The fraction of sp³-hybridized carbons (Fsp3) is 0.471. The van der Waals surface area contributed by atoms with Crippen LogP contribution < -0.4 is 5.32 Å². The third-order valence-corrected chi connectivity index (χ3v) is 4.93. The van der Waals surface area contributed by atoms with Crippen LogP contribution >= 0.6 is 0 Å². The smallest absolute Gasteiger partial charge is 0.226 e. The van der Waals surface area contributed by atoms with Crippen molar-refractivity contribution in [3.05, 3.63) is 35.3 Å². The molecule has 1 unspecified atom stereocenters. The highest BCUT2D eigenvalue weighted by Gasteiger charge is 2.30. The van der Waals surface area contributed by atoms with E-state index in [0.717, 1.165) is 61.9 Å². The van der Waals surface area contributed by atoms with Gasteiger partial charge in [0, 0.05) is 48.7 Å². The molecule has 4 nitrogen and oxygen atoms in total. The molecule has 1 aromatic carbocycles. The van der Waals surface area contributed by atoms with Crippen LogP contribution in [0.1, 0.15) is 17.7 Å². The maximum absolute atomic E-state index is 13.5. The lowest BCUT2D eigenvalue weighted by atomic mass is 9.85. The maximum Gasteiger partial charge on any atom is 0.226 e. The summed E-state index contributed by atoms with van der Waals surface area (Å²) in [6.45, 7) is 3.35. The van der Waals surface area contributed by atoms with Crippen LogP contribution in [0.4, 0.5) is 4.39 Å². The first-order valence-corrected chi connectivity index (χ1v) is 8.01. The van der Waals surface area contributed by atoms with Crippen molar-refractivity contribution in [3.8, 4) is 0 Å². The van der Waals surface area contributed by atoms with Gasteiger partial charge in [0.15, 0.2) is 0 Å². The van der Waals surface area contributed by atoms with Crippen molar-refractivity contribution in [2.45, 2.75) is 19.3 Å². The first-order valence-electron chi connectivity index (χ1n) is 8.01. The van der Waals surface area contributed by atoms with Gasteiger partial charge >= 0.3 is 0 Å². The van der Waals surface area contributed by atoms with Crippen molar-refractivity contribution < 1.29 is 9.18 Å². The molecule has 0 bridgehead atoms. The lowest BCUT2D eigenvalue weighted by Crippen LogP contribution is -2.49. The summed E-state index contributed by atoms with van der Waals surface area (Å²) < 4.78 is 13.5. The summed E-state index contributed by atoms with van der Waals surface area (Å²) in [4.78, 5) is 18.1. The summed E-state index contributed by atoms with van der Waals surface area (Å²) in [5.74, 6) is 0.0793. The molecule has 22 heavy (non-hydrogen) atoms. The van der Waals surface area contributed by atoms with E-state index in [4.69, 9.17) is 0 Å². The molecule has 2 aliphatic rings. The number of carbonyl (C=O) groups excluding carboxylic acids is 1. The Hall–Kier alpha value is -1.88. The zero-order valence-corrected chi connectivity index (χ0v) is 12.5. The van der Waals surface area contributed by atoms with Crippen LogP contribution in [0.25, 0.3) is 10.9 Å². The van der Waals surface area contributed by atoms with Crippen molar-refractivity contribution in [1.82, 2.24) is 15.2 Å². The van der Waals surface area contributed by atoms with E-state index in [1.54, 1.807) is 12.1 Å². The van der Waals surface area contributed by atoms with Crippen molar-refractivity contribution in [1.29, 1.82) is 0 Å². The number of nitrogens with one attached hydrogen (secondary N) is 2. The predicted octanol–water partition coefficient (Wildman–Crippen LogP) is 1.84. The number of rotatable bonds is 1. The van der Waals surface area contributed by atoms with Gasteiger partial charge in [0.1, 0.15) is 5.82 Å². The minimum Gasteiger partial charge on any atom is -0.358 e. The Balaban J connectivity index is 1.61. The number of benzene rings is 1. The van der Waals surface area contributed by atoms with Crippen molar-refractivity contribution in [2.24, 2.45) is 5.92 Å². The van der Waals surface area contributed by atoms with E-state index in [-0.39, 0.29) is 17.6 Å². The largest absolute Gasteiger partial charge is 0.358 e. The van der Waals surface area contributed by atoms with Gasteiger partial charge < -0.3 is 15.2 Å². The third kappa shape index (κ3) is 2.29. The number of hydrogen-bond acceptors (Lipinski definition) is 2. The molecule has 0 spiro atoms. The normalized spacial score (nSPS) is 21.9. The van der Waals surface area contributed by atoms with Gasteiger partial charge in [-0.25, -0.2) is 4.39 Å². The zero-order valence-electron chi connectivity index (χ0n) is 12.5. The molecule has 0 saturated carbocycles. The predicted molar refractivity (Wildman–Crippen MR) is 83.2 cm³/mol. The SMILES string of the molecule is O=C(C1CCc2[nH]c3ccc(F)cc3c2C1)N1CCNCC1. The summed E-state index contributed by atoms with van der Waals surface area (Å²) in [6.07, 6.45) is 2.47. The Morgan fingerprint density at radius 2 is 2.09 bits per heavy atom. The average molecular weight is 301 g/mol. The molecule has 2 N–H and O–H groups in total. The van der Waals surface area contributed by atoms with Gasteiger partial charge in [0.05, 0.1) is 0 Å². The molecule has 1 saturated heterocycles. The Labute approximate surface area is 128 Å². The van der Waals surface area contributed by atoms with Crippen molar-refractivity contribution >= 4 is 16.8 Å². The molecular weight excluding hydrogens is 281 g/mol. The Kier molecular flexibility index (Phi) is 3.37. The number of aromatic amines is 1. The first kappa shape index (κ1) is 13.8. The highest BCUT2D eigenvalue weighted by molar-refractivity contribution is 5.87. The first-order chi connectivity index (χ1) is 10.7. The molecule has 1 aromatic heterocycles. The summed E-state index contributed by atoms with van der Waals surface area (Å²) in [7, 11) is 0. The fourth-order valence-electron chi connectivity index (χ4n) is 3.74. The number of fused-ring (bicyclic) bond motifs is 3. The number of hydrogen-bond donors (Lipinski definition) is 2. The number of aromatic nitrogens is 1. The van der Waals surface area contributed by atoms with E-state index >= 15 is 0 Å². The number of piperazine rings is 1. The second kappa shape index (κ2) is 5.39. The molecule has 116 valence electrons. The van der Waals surface area contributed by atoms with Crippen LogP contribution in [0.15, 0.2) is 18.2 Å². The summed E-state index contributed by atoms with van der Waals surface area (Å²) >= 11 is 0. The van der Waals surface area contributed by atoms with Gasteiger partial charge in [0.25, 0.3) is 0 Å². The lowest BCUT2D eigenvalue weighted by molar-refractivity contribution is -0.136. The molecule has 1 aliphatic heterocycles. The third-order valence-electron chi connectivity index (χ3n) is 4.93. The highest BCUT2D eigenvalue weighted by Crippen LogP contribution is 2.33. The maximum atomic E-state index is 13.5. The van der Waals surface area contributed by atoms with Gasteiger partial charge in [-0.15, -0.1) is 0 Å². The molecule has 1 aliphatic carbocycles. The quantitative estimate of drug-likeness (QED) is 0.844. The molecular formula is C17H20FN3O. The fourth-order valence-corrected chi connectivity index (χ4v) is 3.74. The van der Waals surface area contributed by atoms with Crippen molar-refractivity contribution in [2.75, 3.05) is 26.2 Å². The lowest BCUT2D eigenvalue weighted by Gasteiger charge is -2.32. The number of aryl methyl sites for hydroxylation is 1. The highest BCUT2D eigenvalue weighted by atomic mass is 19.1. The van der Waals surface area contributed by atoms with Crippen LogP contribution in [0.5, 0.6) is 0 Å². The van der Waals surface area contributed by atoms with Gasteiger partial charge in [-0.1, -0.05) is 0 Å². The monoisotopic (exact) mass is 301 g/mol. The van der Waals surface area contributed by atoms with E-state index < -0.39 is 0 Å². The number of halogens is 1. The molecule has 0 radical (unpaired) electrons. The average Bonchev–Trinajstić information content (AvgIpc) is 2.92. The van der Waals surface area contributed by atoms with E-state index in [2.05, 4.69) is 10.3 Å². The number of H-pyrrole nitrogens is 1. The minimum atomic E-state index is -0.218. The topological polar surface area (TPSA) is 48.1 Å². The van der Waals surface area contributed by atoms with Gasteiger partial charge in [-0.05, 0) is 43.0 Å². The second-order valence-corrected chi connectivity index (χ2v) is 6.29. The Morgan fingerprint density at radius 3 is 2.91 bits per heavy atom. The summed E-state index contributed by atoms with van der Waals surface area (Å²) in [5.41, 5.74) is 3.28. The van der Waals surface area contributed by atoms with Gasteiger partial charge in [-0.3, -0.25) is 4.79 Å². The van der Waals surface area contributed by atoms with Crippen LogP contribution in [-0.4, -0.2) is 42.0 Å². The molecule has 1 amide bonds. The van der Waals surface area contributed by atoms with Gasteiger partial charge in [-0.2, -0.15) is 0 Å². The van der Waals surface area contributed by atoms with Crippen LogP contribution in [0.3, 0.4) is 0 Å². The molecule has 1 atom stereocenters. The second-order valence-electron chi connectivity index (χ2n) is 6.29. The minimum absolute atomic E-state index is 0.0351. The summed E-state index contributed by atoms with van der Waals surface area (Å²) in [6, 6.07) is 4.85. The molecule has 4 rings (SSSR count). The van der Waals surface area contributed by atoms with E-state index in [9.17, 15) is 9.18 Å². The van der Waals surface area contributed by atoms with E-state index in [1.807, 2.05) is 4.90 Å². The molecule has 2 aromatic rings. The van der Waals surface area contributed by atoms with Crippen LogP contribution in [-0.2, 0) is 17.6 Å². The van der Waals surface area contributed by atoms with Crippen LogP contribution in [0.2, 0.25) is 0 Å². The standard InChI is InChI=1S/C17H20FN3O/c18-12-2-4-16-14(10-12)13-9-11(1-3-15(13)20-16)17(22)21-7-5-19-6-8-21/h2,4,10-11,19-20H,1,3,5-9H2. The summed E-state index contributed by atoms with van der Waals surface area (Å²) in [5, 5.41) is 4.21. The van der Waals surface area contributed by atoms with Crippen LogP contribution in [0, 0.1) is 11.7 Å². The molecule has 2 heterocycles. The number of amides is 1. The van der Waals surface area contributed by atoms with E-state index in [1.165, 1.54) is 11.8 Å². The number of nitrogens with zero attached hydrogens (tertiary/aromatic N) is 1. The molecule has 1 fully saturated rings. The Morgan fingerprint density at radius 1 is 1.27 bits per heavy atom. The van der Waals surface area contributed by atoms with Crippen molar-refractivity contribution in [3.63, 3.8) is 0 Å². The zero-order chi connectivity index (χ0) is 15.1. The van der Waals surface area contributed by atoms with E-state index in [0.29, 0.717) is 0 Å². The Bertz CT molecular complexity index is 718. The van der Waals surface area contributed by atoms with Gasteiger partial charge in [0.2, 0.25) is 5.91 Å². The number of carbonyl (C=O) groups is 1. The molecule has 5 heteroatoms.